The fraction of sp³-hybridized carbons (Fsp3) is 0.364. The first-order chi connectivity index (χ1) is 9.18. The summed E-state index contributed by atoms with van der Waals surface area (Å²) in [6.45, 7) is 1.37. The van der Waals surface area contributed by atoms with E-state index in [0.29, 0.717) is 12.3 Å². The lowest BCUT2D eigenvalue weighted by Crippen LogP contribution is -2.25. The smallest absolute Gasteiger partial charge is 0.417 e. The molecular formula is C11H9ClF3NO4. The highest BCUT2D eigenvalue weighted by molar-refractivity contribution is 6.32. The van der Waals surface area contributed by atoms with Crippen LogP contribution in [0, 0.1) is 0 Å². The Labute approximate surface area is 116 Å². The summed E-state index contributed by atoms with van der Waals surface area (Å²) in [5, 5.41) is 8.39. The van der Waals surface area contributed by atoms with Gasteiger partial charge < -0.3 is 9.84 Å². The third kappa shape index (κ3) is 3.60. The maximum Gasteiger partial charge on any atom is 0.417 e. The zero-order chi connectivity index (χ0) is 15.5. The van der Waals surface area contributed by atoms with E-state index < -0.39 is 40.3 Å². The Morgan fingerprint density at radius 1 is 1.50 bits per heavy atom. The number of rotatable bonds is 4. The van der Waals surface area contributed by atoms with Crippen molar-refractivity contribution in [2.45, 2.75) is 19.0 Å². The second-order valence-corrected chi connectivity index (χ2v) is 4.02. The van der Waals surface area contributed by atoms with Gasteiger partial charge in [-0.05, 0) is 13.0 Å². The molecule has 1 aromatic heterocycles. The number of aliphatic carboxylic acids is 1. The van der Waals surface area contributed by atoms with Crippen molar-refractivity contribution in [3.8, 4) is 0 Å². The fourth-order valence-electron chi connectivity index (χ4n) is 1.37. The van der Waals surface area contributed by atoms with Crippen molar-refractivity contribution in [2.24, 2.45) is 0 Å². The third-order valence-corrected chi connectivity index (χ3v) is 2.54. The van der Waals surface area contributed by atoms with Gasteiger partial charge in [0.1, 0.15) is 0 Å². The molecule has 0 aliphatic rings. The van der Waals surface area contributed by atoms with Crippen LogP contribution in [-0.2, 0) is 20.5 Å². The number of hydrogen-bond acceptors (Lipinski definition) is 4. The van der Waals surface area contributed by atoms with Gasteiger partial charge in [-0.15, -0.1) is 0 Å². The molecule has 1 atom stereocenters. The Kier molecular flexibility index (Phi) is 4.93. The van der Waals surface area contributed by atoms with E-state index in [9.17, 15) is 22.8 Å². The van der Waals surface area contributed by atoms with Gasteiger partial charge in [-0.3, -0.25) is 14.6 Å². The summed E-state index contributed by atoms with van der Waals surface area (Å²) in [5.74, 6) is -4.63. The molecule has 1 rings (SSSR count). The first-order valence-electron chi connectivity index (χ1n) is 5.30. The molecule has 20 heavy (non-hydrogen) atoms. The Morgan fingerprint density at radius 2 is 2.10 bits per heavy atom. The van der Waals surface area contributed by atoms with E-state index in [1.807, 2.05) is 0 Å². The van der Waals surface area contributed by atoms with Crippen molar-refractivity contribution < 1.29 is 32.6 Å². The van der Waals surface area contributed by atoms with Gasteiger partial charge in [-0.2, -0.15) is 13.2 Å². The highest BCUT2D eigenvalue weighted by Gasteiger charge is 2.36. The Bertz CT molecular complexity index is 533. The quantitative estimate of drug-likeness (QED) is 0.683. The number of pyridine rings is 1. The Morgan fingerprint density at radius 3 is 2.50 bits per heavy atom. The van der Waals surface area contributed by atoms with Gasteiger partial charge in [0.25, 0.3) is 0 Å². The molecule has 0 aromatic carbocycles. The van der Waals surface area contributed by atoms with Gasteiger partial charge >= 0.3 is 18.1 Å². The minimum Gasteiger partial charge on any atom is -0.480 e. The zero-order valence-corrected chi connectivity index (χ0v) is 10.8. The normalized spacial score (nSPS) is 12.8. The van der Waals surface area contributed by atoms with E-state index in [1.54, 1.807) is 0 Å². The number of carbonyl (C=O) groups is 2. The summed E-state index contributed by atoms with van der Waals surface area (Å²) in [4.78, 5) is 25.9. The van der Waals surface area contributed by atoms with Crippen molar-refractivity contribution >= 4 is 23.5 Å². The maximum absolute atomic E-state index is 12.4. The average molecular weight is 312 g/mol. The lowest BCUT2D eigenvalue weighted by atomic mass is 10.0. The van der Waals surface area contributed by atoms with Crippen molar-refractivity contribution in [2.75, 3.05) is 6.61 Å². The van der Waals surface area contributed by atoms with Gasteiger partial charge in [0, 0.05) is 6.20 Å². The Hall–Kier alpha value is -1.83. The fourth-order valence-corrected chi connectivity index (χ4v) is 1.65. The van der Waals surface area contributed by atoms with Gasteiger partial charge in [0.05, 0.1) is 22.9 Å². The first-order valence-corrected chi connectivity index (χ1v) is 5.68. The van der Waals surface area contributed by atoms with Crippen LogP contribution in [0.4, 0.5) is 13.2 Å². The number of halogens is 4. The van der Waals surface area contributed by atoms with Gasteiger partial charge in [0.15, 0.2) is 5.92 Å². The predicted octanol–water partition coefficient (Wildman–Crippen LogP) is 2.49. The minimum atomic E-state index is -4.67. The largest absolute Gasteiger partial charge is 0.480 e. The number of ether oxygens (including phenoxy) is 1. The summed E-state index contributed by atoms with van der Waals surface area (Å²) < 4.78 is 41.8. The highest BCUT2D eigenvalue weighted by atomic mass is 35.5. The number of aromatic nitrogens is 1. The summed E-state index contributed by atoms with van der Waals surface area (Å²) in [6, 6.07) is 0.513. The molecule has 0 spiro atoms. The van der Waals surface area contributed by atoms with Crippen LogP contribution in [0.15, 0.2) is 12.3 Å². The van der Waals surface area contributed by atoms with Crippen molar-refractivity contribution in [3.63, 3.8) is 0 Å². The van der Waals surface area contributed by atoms with Crippen LogP contribution in [0.3, 0.4) is 0 Å². The molecule has 0 bridgehead atoms. The van der Waals surface area contributed by atoms with Gasteiger partial charge in [0.2, 0.25) is 0 Å². The molecule has 1 heterocycles. The number of hydrogen-bond donors (Lipinski definition) is 1. The maximum atomic E-state index is 12.4. The topological polar surface area (TPSA) is 76.5 Å². The highest BCUT2D eigenvalue weighted by Crippen LogP contribution is 2.33. The van der Waals surface area contributed by atoms with E-state index in [2.05, 4.69) is 9.72 Å². The number of carboxylic acids is 1. The van der Waals surface area contributed by atoms with E-state index >= 15 is 0 Å². The van der Waals surface area contributed by atoms with Crippen LogP contribution in [0.2, 0.25) is 5.02 Å². The third-order valence-electron chi connectivity index (χ3n) is 2.24. The summed E-state index contributed by atoms with van der Waals surface area (Å²) in [5.41, 5.74) is -1.63. The van der Waals surface area contributed by atoms with E-state index in [0.717, 1.165) is 0 Å². The monoisotopic (exact) mass is 311 g/mol. The van der Waals surface area contributed by atoms with Crippen LogP contribution in [0.25, 0.3) is 0 Å². The molecule has 0 fully saturated rings. The number of alkyl halides is 3. The average Bonchev–Trinajstić information content (AvgIpc) is 2.30. The number of nitrogens with zero attached hydrogens (tertiary/aromatic N) is 1. The van der Waals surface area contributed by atoms with E-state index in [4.69, 9.17) is 16.7 Å². The molecule has 1 aromatic rings. The molecule has 1 N–H and O–H groups in total. The lowest BCUT2D eigenvalue weighted by molar-refractivity contribution is -0.153. The molecule has 0 amide bonds. The van der Waals surface area contributed by atoms with E-state index in [-0.39, 0.29) is 6.61 Å². The summed E-state index contributed by atoms with van der Waals surface area (Å²) in [7, 11) is 0. The molecule has 0 aliphatic heterocycles. The Balaban J connectivity index is 3.23. The van der Waals surface area contributed by atoms with Gasteiger partial charge in [-0.25, -0.2) is 0 Å². The number of carboxylic acid groups (broad SMARTS) is 1. The number of carbonyl (C=O) groups excluding carboxylic acids is 1. The van der Waals surface area contributed by atoms with Crippen LogP contribution in [0.5, 0.6) is 0 Å². The molecule has 0 saturated carbocycles. The van der Waals surface area contributed by atoms with Crippen LogP contribution >= 0.6 is 11.6 Å². The number of esters is 1. The van der Waals surface area contributed by atoms with Crippen molar-refractivity contribution in [1.82, 2.24) is 4.98 Å². The van der Waals surface area contributed by atoms with E-state index in [1.165, 1.54) is 6.92 Å². The second kappa shape index (κ2) is 6.08. The summed E-state index contributed by atoms with van der Waals surface area (Å²) in [6.07, 6.45) is -4.26. The lowest BCUT2D eigenvalue weighted by Gasteiger charge is -2.13. The summed E-state index contributed by atoms with van der Waals surface area (Å²) >= 11 is 5.58. The molecule has 5 nitrogen and oxygen atoms in total. The van der Waals surface area contributed by atoms with Crippen molar-refractivity contribution in [1.29, 1.82) is 0 Å². The second-order valence-electron chi connectivity index (χ2n) is 3.61. The van der Waals surface area contributed by atoms with Crippen LogP contribution in [-0.4, -0.2) is 28.6 Å². The SMILES string of the molecule is CCOC(=O)C(C(=O)O)c1ncc(C(F)(F)F)cc1Cl. The van der Waals surface area contributed by atoms with Crippen LogP contribution < -0.4 is 0 Å². The first kappa shape index (κ1) is 16.2. The minimum absolute atomic E-state index is 0.0825. The van der Waals surface area contributed by atoms with Crippen molar-refractivity contribution in [3.05, 3.63) is 28.5 Å². The standard InChI is InChI=1S/C11H9ClF3NO4/c1-2-20-10(19)7(9(17)18)8-6(12)3-5(4-16-8)11(13,14)15/h3-4,7H,2H2,1H3,(H,17,18). The molecule has 0 aliphatic carbocycles. The van der Waals surface area contributed by atoms with Gasteiger partial charge in [-0.1, -0.05) is 11.6 Å². The molecule has 9 heteroatoms. The molecular weight excluding hydrogens is 303 g/mol. The molecule has 0 radical (unpaired) electrons. The molecule has 1 unspecified atom stereocenters. The van der Waals surface area contributed by atoms with Crippen LogP contribution in [0.1, 0.15) is 24.1 Å². The molecule has 0 saturated heterocycles. The molecule has 110 valence electrons. The zero-order valence-electron chi connectivity index (χ0n) is 10.1. The predicted molar refractivity (Wildman–Crippen MR) is 61.3 cm³/mol.